The normalized spacial score (nSPS) is 25.9. The molecule has 0 spiro atoms. The Morgan fingerprint density at radius 3 is 2.58 bits per heavy atom. The van der Waals surface area contributed by atoms with Gasteiger partial charge >= 0.3 is 5.97 Å². The number of ether oxygens (including phenoxy) is 5. The number of methoxy groups -OCH3 is 1. The van der Waals surface area contributed by atoms with Gasteiger partial charge in [-0.3, -0.25) is 9.69 Å². The van der Waals surface area contributed by atoms with Gasteiger partial charge < -0.3 is 28.8 Å². The Labute approximate surface area is 192 Å². The van der Waals surface area contributed by atoms with Crippen LogP contribution in [0.5, 0.6) is 28.7 Å². The second-order valence-corrected chi connectivity index (χ2v) is 8.70. The van der Waals surface area contributed by atoms with Crippen LogP contribution in [0.1, 0.15) is 43.7 Å². The fourth-order valence-corrected chi connectivity index (χ4v) is 5.36. The van der Waals surface area contributed by atoms with Crippen LogP contribution in [0, 0.1) is 5.92 Å². The van der Waals surface area contributed by atoms with E-state index in [4.69, 9.17) is 23.7 Å². The fourth-order valence-electron chi connectivity index (χ4n) is 5.36. The molecule has 3 atom stereocenters. The molecule has 0 bridgehead atoms. The number of nitrogens with zero attached hydrogens (tertiary/aromatic N) is 1. The Balaban J connectivity index is 1.76. The van der Waals surface area contributed by atoms with E-state index in [9.17, 15) is 9.90 Å². The standard InChI is InChI=1S/C25H29NO7/c1-4-30-24(28)22-21(15-8-7-9-17(29-3)23(15)27)16-12-19-20(32-14-31-19)13-18(16)33-25(22,2)26-10-5-6-11-26/h7-9,12-13,21-22,27H,4-6,10-11,14H2,1-3H3/t21-,22-,25-/m0/s1. The van der Waals surface area contributed by atoms with Gasteiger partial charge in [0.2, 0.25) is 6.79 Å². The van der Waals surface area contributed by atoms with Crippen LogP contribution in [-0.2, 0) is 9.53 Å². The molecule has 176 valence electrons. The van der Waals surface area contributed by atoms with Crippen molar-refractivity contribution in [3.63, 3.8) is 0 Å². The lowest BCUT2D eigenvalue weighted by molar-refractivity contribution is -0.174. The van der Waals surface area contributed by atoms with E-state index in [0.29, 0.717) is 28.6 Å². The second-order valence-electron chi connectivity index (χ2n) is 8.70. The molecule has 0 unspecified atom stereocenters. The predicted octanol–water partition coefficient (Wildman–Crippen LogP) is 3.65. The summed E-state index contributed by atoms with van der Waals surface area (Å²) in [5, 5.41) is 11.1. The SMILES string of the molecule is CCOC(=O)[C@@H]1[C@@H](c2cccc(OC)c2O)c2cc3c(cc2O[C@]1(C)N1CCCC1)OCO3. The van der Waals surface area contributed by atoms with Gasteiger partial charge in [-0.2, -0.15) is 0 Å². The van der Waals surface area contributed by atoms with Gasteiger partial charge in [-0.25, -0.2) is 0 Å². The van der Waals surface area contributed by atoms with Crippen LogP contribution in [0.15, 0.2) is 30.3 Å². The molecule has 8 heteroatoms. The number of para-hydroxylation sites is 1. The highest BCUT2D eigenvalue weighted by atomic mass is 16.7. The molecule has 1 saturated heterocycles. The summed E-state index contributed by atoms with van der Waals surface area (Å²) in [5.41, 5.74) is 0.322. The van der Waals surface area contributed by atoms with Crippen LogP contribution in [0.2, 0.25) is 0 Å². The Morgan fingerprint density at radius 1 is 1.15 bits per heavy atom. The van der Waals surface area contributed by atoms with E-state index in [0.717, 1.165) is 31.5 Å². The number of aromatic hydroxyl groups is 1. The summed E-state index contributed by atoms with van der Waals surface area (Å²) in [4.78, 5) is 15.8. The summed E-state index contributed by atoms with van der Waals surface area (Å²) in [6.45, 7) is 5.72. The number of fused-ring (bicyclic) bond motifs is 2. The Morgan fingerprint density at radius 2 is 1.88 bits per heavy atom. The van der Waals surface area contributed by atoms with Gasteiger partial charge in [-0.15, -0.1) is 0 Å². The lowest BCUT2D eigenvalue weighted by Crippen LogP contribution is -2.61. The molecule has 0 aromatic heterocycles. The number of likely N-dealkylation sites (tertiary alicyclic amines) is 1. The number of esters is 1. The monoisotopic (exact) mass is 455 g/mol. The third kappa shape index (κ3) is 3.44. The van der Waals surface area contributed by atoms with Gasteiger partial charge in [-0.1, -0.05) is 12.1 Å². The van der Waals surface area contributed by atoms with Gasteiger partial charge in [0.15, 0.2) is 28.7 Å². The van der Waals surface area contributed by atoms with E-state index in [1.807, 2.05) is 31.2 Å². The van der Waals surface area contributed by atoms with Crippen molar-refractivity contribution in [3.8, 4) is 28.7 Å². The number of phenols is 1. The first kappa shape index (κ1) is 21.7. The first-order chi connectivity index (χ1) is 16.0. The number of rotatable bonds is 5. The zero-order valence-electron chi connectivity index (χ0n) is 19.1. The number of hydrogen-bond acceptors (Lipinski definition) is 8. The molecular formula is C25H29NO7. The van der Waals surface area contributed by atoms with Crippen molar-refractivity contribution in [2.45, 2.75) is 38.3 Å². The summed E-state index contributed by atoms with van der Waals surface area (Å²) in [7, 11) is 1.51. The first-order valence-electron chi connectivity index (χ1n) is 11.4. The minimum atomic E-state index is -0.983. The van der Waals surface area contributed by atoms with Crippen LogP contribution in [0.3, 0.4) is 0 Å². The second kappa shape index (κ2) is 8.33. The maximum atomic E-state index is 13.6. The average molecular weight is 456 g/mol. The van der Waals surface area contributed by atoms with E-state index >= 15 is 0 Å². The summed E-state index contributed by atoms with van der Waals surface area (Å²) in [6, 6.07) is 8.98. The van der Waals surface area contributed by atoms with Crippen molar-refractivity contribution >= 4 is 5.97 Å². The number of hydrogen-bond donors (Lipinski definition) is 1. The average Bonchev–Trinajstić information content (AvgIpc) is 3.49. The first-order valence-corrected chi connectivity index (χ1v) is 11.4. The van der Waals surface area contributed by atoms with Gasteiger partial charge in [-0.05, 0) is 38.8 Å². The zero-order chi connectivity index (χ0) is 23.2. The van der Waals surface area contributed by atoms with Crippen molar-refractivity contribution in [2.24, 2.45) is 5.92 Å². The maximum Gasteiger partial charge on any atom is 0.315 e. The van der Waals surface area contributed by atoms with Gasteiger partial charge in [0, 0.05) is 36.2 Å². The molecule has 3 aliphatic heterocycles. The molecule has 33 heavy (non-hydrogen) atoms. The smallest absolute Gasteiger partial charge is 0.315 e. The molecule has 5 rings (SSSR count). The molecule has 1 N–H and O–H groups in total. The maximum absolute atomic E-state index is 13.6. The molecular weight excluding hydrogens is 426 g/mol. The third-order valence-corrected chi connectivity index (χ3v) is 6.93. The Kier molecular flexibility index (Phi) is 5.48. The summed E-state index contributed by atoms with van der Waals surface area (Å²) in [5.74, 6) is 0.450. The number of benzene rings is 2. The molecule has 2 aromatic carbocycles. The van der Waals surface area contributed by atoms with E-state index in [2.05, 4.69) is 4.90 Å². The van der Waals surface area contributed by atoms with Crippen LogP contribution in [0.25, 0.3) is 0 Å². The summed E-state index contributed by atoms with van der Waals surface area (Å²) in [6.07, 6.45) is 2.05. The molecule has 0 aliphatic carbocycles. The summed E-state index contributed by atoms with van der Waals surface area (Å²) < 4.78 is 28.8. The molecule has 3 heterocycles. The van der Waals surface area contributed by atoms with E-state index in [1.165, 1.54) is 7.11 Å². The van der Waals surface area contributed by atoms with Crippen molar-refractivity contribution in [3.05, 3.63) is 41.5 Å². The minimum absolute atomic E-state index is 0.00594. The van der Waals surface area contributed by atoms with E-state index < -0.39 is 17.6 Å². The Bertz CT molecular complexity index is 1060. The quantitative estimate of drug-likeness (QED) is 0.684. The molecule has 3 aliphatic rings. The number of phenolic OH excluding ortho intramolecular Hbond substituents is 1. The Hall–Kier alpha value is -3.13. The zero-order valence-corrected chi connectivity index (χ0v) is 19.1. The van der Waals surface area contributed by atoms with Crippen LogP contribution >= 0.6 is 0 Å². The molecule has 0 radical (unpaired) electrons. The molecule has 0 amide bonds. The highest BCUT2D eigenvalue weighted by molar-refractivity contribution is 5.78. The number of carbonyl (C=O) groups is 1. The summed E-state index contributed by atoms with van der Waals surface area (Å²) >= 11 is 0. The predicted molar refractivity (Wildman–Crippen MR) is 119 cm³/mol. The molecule has 0 saturated carbocycles. The van der Waals surface area contributed by atoms with Crippen LogP contribution in [-0.4, -0.2) is 55.3 Å². The van der Waals surface area contributed by atoms with Gasteiger partial charge in [0.1, 0.15) is 11.7 Å². The van der Waals surface area contributed by atoms with Crippen molar-refractivity contribution < 1.29 is 33.6 Å². The highest BCUT2D eigenvalue weighted by Gasteiger charge is 2.56. The van der Waals surface area contributed by atoms with Crippen molar-refractivity contribution in [2.75, 3.05) is 33.6 Å². The highest BCUT2D eigenvalue weighted by Crippen LogP contribution is 2.55. The fraction of sp³-hybridized carbons (Fsp3) is 0.480. The minimum Gasteiger partial charge on any atom is -0.504 e. The molecule has 2 aromatic rings. The van der Waals surface area contributed by atoms with Gasteiger partial charge in [0.25, 0.3) is 0 Å². The lowest BCUT2D eigenvalue weighted by atomic mass is 9.72. The third-order valence-electron chi connectivity index (χ3n) is 6.93. The van der Waals surface area contributed by atoms with Gasteiger partial charge in [0.05, 0.1) is 13.7 Å². The van der Waals surface area contributed by atoms with Crippen LogP contribution in [0.4, 0.5) is 0 Å². The topological polar surface area (TPSA) is 86.7 Å². The lowest BCUT2D eigenvalue weighted by Gasteiger charge is -2.49. The van der Waals surface area contributed by atoms with Crippen molar-refractivity contribution in [1.29, 1.82) is 0 Å². The molecule has 1 fully saturated rings. The molecule has 8 nitrogen and oxygen atoms in total. The number of carbonyl (C=O) groups excluding carboxylic acids is 1. The van der Waals surface area contributed by atoms with Crippen LogP contribution < -0.4 is 18.9 Å². The van der Waals surface area contributed by atoms with Crippen molar-refractivity contribution in [1.82, 2.24) is 4.90 Å². The van der Waals surface area contributed by atoms with E-state index in [-0.39, 0.29) is 25.1 Å². The van der Waals surface area contributed by atoms with E-state index in [1.54, 1.807) is 13.0 Å². The largest absolute Gasteiger partial charge is 0.504 e.